The number of hydrogen-bond acceptors (Lipinski definition) is 2. The first-order valence-electron chi connectivity index (χ1n) is 9.41. The second-order valence-corrected chi connectivity index (χ2v) is 8.22. The van der Waals surface area contributed by atoms with Gasteiger partial charge in [-0.25, -0.2) is 0 Å². The van der Waals surface area contributed by atoms with Crippen LogP contribution < -0.4 is 0 Å². The van der Waals surface area contributed by atoms with Crippen molar-refractivity contribution in [3.05, 3.63) is 34.9 Å². The fourth-order valence-corrected chi connectivity index (χ4v) is 5.17. The van der Waals surface area contributed by atoms with E-state index >= 15 is 0 Å². The molecule has 0 N–H and O–H groups in total. The van der Waals surface area contributed by atoms with E-state index in [0.717, 1.165) is 12.8 Å². The zero-order valence-corrected chi connectivity index (χ0v) is 15.7. The van der Waals surface area contributed by atoms with Gasteiger partial charge in [0.1, 0.15) is 0 Å². The average Bonchev–Trinajstić information content (AvgIpc) is 2.76. The Hall–Kier alpha value is -0.860. The summed E-state index contributed by atoms with van der Waals surface area (Å²) in [5, 5.41) is 2.15. The van der Waals surface area contributed by atoms with Gasteiger partial charge in [-0.2, -0.15) is 5.06 Å². The Balaban J connectivity index is 1.91. The van der Waals surface area contributed by atoms with Crippen LogP contribution in [0.5, 0.6) is 0 Å². The molecular formula is C21H33NO. The van der Waals surface area contributed by atoms with Gasteiger partial charge in [-0.15, -0.1) is 0 Å². The third kappa shape index (κ3) is 2.96. The summed E-state index contributed by atoms with van der Waals surface area (Å²) in [5.74, 6) is 1.99. The molecule has 0 bridgehead atoms. The molecule has 2 aliphatic rings. The van der Waals surface area contributed by atoms with E-state index < -0.39 is 0 Å². The third-order valence-electron chi connectivity index (χ3n) is 6.32. The number of fused-ring (bicyclic) bond motifs is 1. The second kappa shape index (κ2) is 6.22. The summed E-state index contributed by atoms with van der Waals surface area (Å²) in [5.41, 5.74) is 4.59. The topological polar surface area (TPSA) is 12.5 Å². The van der Waals surface area contributed by atoms with E-state index in [1.54, 1.807) is 11.1 Å². The highest BCUT2D eigenvalue weighted by molar-refractivity contribution is 5.35. The second-order valence-electron chi connectivity index (χ2n) is 8.22. The number of hydrogen-bond donors (Lipinski definition) is 0. The maximum Gasteiger partial charge on any atom is 0.0887 e. The predicted molar refractivity (Wildman–Crippen MR) is 96.5 cm³/mol. The molecular weight excluding hydrogens is 282 g/mol. The largest absolute Gasteiger partial charge is 0.293 e. The number of aryl methyl sites for hydroxylation is 2. The van der Waals surface area contributed by atoms with E-state index in [4.69, 9.17) is 4.84 Å². The lowest BCUT2D eigenvalue weighted by molar-refractivity contribution is -0.182. The lowest BCUT2D eigenvalue weighted by Gasteiger charge is -2.40. The van der Waals surface area contributed by atoms with Crippen molar-refractivity contribution in [1.29, 1.82) is 0 Å². The Morgan fingerprint density at radius 3 is 2.57 bits per heavy atom. The summed E-state index contributed by atoms with van der Waals surface area (Å²) < 4.78 is 0. The fraction of sp³-hybridized carbons (Fsp3) is 0.714. The molecule has 23 heavy (non-hydrogen) atoms. The van der Waals surface area contributed by atoms with Crippen LogP contribution in [-0.4, -0.2) is 23.8 Å². The molecule has 0 spiro atoms. The van der Waals surface area contributed by atoms with E-state index in [2.05, 4.69) is 64.9 Å². The van der Waals surface area contributed by atoms with Crippen LogP contribution in [0.1, 0.15) is 70.1 Å². The highest BCUT2D eigenvalue weighted by Gasteiger charge is 2.52. The molecule has 1 heterocycles. The van der Waals surface area contributed by atoms with Gasteiger partial charge in [0.2, 0.25) is 0 Å². The highest BCUT2D eigenvalue weighted by atomic mass is 16.7. The van der Waals surface area contributed by atoms with Gasteiger partial charge in [-0.05, 0) is 68.1 Å². The average molecular weight is 316 g/mol. The van der Waals surface area contributed by atoms with Gasteiger partial charge in [0.15, 0.2) is 0 Å². The molecule has 0 amide bonds. The lowest BCUT2D eigenvalue weighted by Crippen LogP contribution is -2.43. The summed E-state index contributed by atoms with van der Waals surface area (Å²) >= 11 is 0. The Morgan fingerprint density at radius 1 is 1.17 bits per heavy atom. The van der Waals surface area contributed by atoms with E-state index in [-0.39, 0.29) is 5.60 Å². The van der Waals surface area contributed by atoms with E-state index in [9.17, 15) is 0 Å². The molecule has 2 heteroatoms. The molecule has 128 valence electrons. The van der Waals surface area contributed by atoms with Gasteiger partial charge in [0, 0.05) is 19.0 Å². The van der Waals surface area contributed by atoms with Gasteiger partial charge in [0.05, 0.1) is 5.60 Å². The SMILES string of the molecule is CCc1ccc([C@H]2C[C@@H]3[C@@H]([C@@H](C)C2)N(C)OC3(C)C)c(CC)c1. The molecule has 1 saturated carbocycles. The summed E-state index contributed by atoms with van der Waals surface area (Å²) in [6.07, 6.45) is 4.81. The summed E-state index contributed by atoms with van der Waals surface area (Å²) in [6.45, 7) is 11.5. The molecule has 1 saturated heterocycles. The number of nitrogens with zero attached hydrogens (tertiary/aromatic N) is 1. The van der Waals surface area contributed by atoms with Crippen molar-refractivity contribution in [2.75, 3.05) is 7.05 Å². The highest BCUT2D eigenvalue weighted by Crippen LogP contribution is 2.50. The van der Waals surface area contributed by atoms with E-state index in [1.165, 1.54) is 18.4 Å². The zero-order chi connectivity index (χ0) is 16.8. The first kappa shape index (κ1) is 17.0. The molecule has 0 aromatic heterocycles. The van der Waals surface area contributed by atoms with Crippen LogP contribution in [0, 0.1) is 11.8 Å². The Morgan fingerprint density at radius 2 is 1.91 bits per heavy atom. The zero-order valence-electron chi connectivity index (χ0n) is 15.7. The lowest BCUT2D eigenvalue weighted by atomic mass is 9.65. The van der Waals surface area contributed by atoms with Crippen LogP contribution in [0.15, 0.2) is 18.2 Å². The van der Waals surface area contributed by atoms with Gasteiger partial charge in [-0.1, -0.05) is 39.0 Å². The molecule has 1 aromatic rings. The van der Waals surface area contributed by atoms with Crippen LogP contribution in [0.4, 0.5) is 0 Å². The molecule has 0 unspecified atom stereocenters. The van der Waals surface area contributed by atoms with Gasteiger partial charge < -0.3 is 0 Å². The van der Waals surface area contributed by atoms with Crippen molar-refractivity contribution in [3.8, 4) is 0 Å². The molecule has 3 rings (SSSR count). The monoisotopic (exact) mass is 315 g/mol. The van der Waals surface area contributed by atoms with Gasteiger partial charge in [0.25, 0.3) is 0 Å². The number of rotatable bonds is 3. The first-order valence-corrected chi connectivity index (χ1v) is 9.41. The predicted octanol–water partition coefficient (Wildman–Crippen LogP) is 4.97. The first-order chi connectivity index (χ1) is 10.9. The maximum absolute atomic E-state index is 6.18. The molecule has 4 atom stereocenters. The Labute approximate surface area is 142 Å². The molecule has 2 fully saturated rings. The molecule has 0 radical (unpaired) electrons. The number of hydroxylamine groups is 2. The Bertz CT molecular complexity index is 565. The van der Waals surface area contributed by atoms with Crippen molar-refractivity contribution in [2.24, 2.45) is 11.8 Å². The molecule has 2 nitrogen and oxygen atoms in total. The molecule has 1 aromatic carbocycles. The minimum atomic E-state index is -0.0396. The summed E-state index contributed by atoms with van der Waals surface area (Å²) in [4.78, 5) is 6.18. The maximum atomic E-state index is 6.18. The molecule has 1 aliphatic carbocycles. The van der Waals surface area contributed by atoms with Crippen LogP contribution in [-0.2, 0) is 17.7 Å². The minimum Gasteiger partial charge on any atom is -0.293 e. The summed E-state index contributed by atoms with van der Waals surface area (Å²) in [7, 11) is 2.12. The third-order valence-corrected chi connectivity index (χ3v) is 6.32. The van der Waals surface area contributed by atoms with Crippen molar-refractivity contribution in [2.45, 2.75) is 77.9 Å². The van der Waals surface area contributed by atoms with Crippen LogP contribution in [0.3, 0.4) is 0 Å². The normalized spacial score (nSPS) is 33.7. The van der Waals surface area contributed by atoms with E-state index in [0.29, 0.717) is 23.8 Å². The van der Waals surface area contributed by atoms with Crippen molar-refractivity contribution >= 4 is 0 Å². The van der Waals surface area contributed by atoms with E-state index in [1.807, 2.05) is 0 Å². The van der Waals surface area contributed by atoms with Crippen molar-refractivity contribution in [1.82, 2.24) is 5.06 Å². The van der Waals surface area contributed by atoms with Crippen molar-refractivity contribution < 1.29 is 4.84 Å². The van der Waals surface area contributed by atoms with Gasteiger partial charge >= 0.3 is 0 Å². The summed E-state index contributed by atoms with van der Waals surface area (Å²) in [6, 6.07) is 7.77. The Kier molecular flexibility index (Phi) is 4.59. The van der Waals surface area contributed by atoms with Crippen LogP contribution in [0.2, 0.25) is 0 Å². The minimum absolute atomic E-state index is 0.0396. The van der Waals surface area contributed by atoms with Gasteiger partial charge in [-0.3, -0.25) is 4.84 Å². The van der Waals surface area contributed by atoms with Crippen LogP contribution >= 0.6 is 0 Å². The van der Waals surface area contributed by atoms with Crippen molar-refractivity contribution in [3.63, 3.8) is 0 Å². The van der Waals surface area contributed by atoms with Crippen LogP contribution in [0.25, 0.3) is 0 Å². The fourth-order valence-electron chi connectivity index (χ4n) is 5.17. The smallest absolute Gasteiger partial charge is 0.0887 e. The molecule has 1 aliphatic heterocycles. The number of benzene rings is 1. The standard InChI is InChI=1S/C21H33NO/c1-7-15-9-10-18(16(8-2)12-15)17-11-14(3)20-19(13-17)21(4,5)23-22(20)6/h9-10,12,14,17,19-20H,7-8,11,13H2,1-6H3/t14-,17+,19+,20+/m0/s1. The quantitative estimate of drug-likeness (QED) is 0.781.